The maximum absolute atomic E-state index is 5.41. The van der Waals surface area contributed by atoms with Crippen LogP contribution in [0.1, 0.15) is 42.9 Å². The van der Waals surface area contributed by atoms with Crippen LogP contribution in [0.5, 0.6) is 0 Å². The fourth-order valence-corrected chi connectivity index (χ4v) is 3.60. The Bertz CT molecular complexity index is 724. The second kappa shape index (κ2) is 9.15. The van der Waals surface area contributed by atoms with Crippen LogP contribution in [0.2, 0.25) is 0 Å². The zero-order chi connectivity index (χ0) is 18.4. The third-order valence-corrected chi connectivity index (χ3v) is 5.23. The van der Waals surface area contributed by atoms with Crippen molar-refractivity contribution in [3.05, 3.63) is 65.2 Å². The Morgan fingerprint density at radius 2 is 1.81 bits per heavy atom. The number of nitrogens with zero attached hydrogens (tertiary/aromatic N) is 1. The van der Waals surface area contributed by atoms with E-state index in [0.717, 1.165) is 44.7 Å². The van der Waals surface area contributed by atoms with Gasteiger partial charge in [0.15, 0.2) is 5.11 Å². The summed E-state index contributed by atoms with van der Waals surface area (Å²) in [6, 6.07) is 17.3. The fourth-order valence-electron chi connectivity index (χ4n) is 3.38. The molecule has 26 heavy (non-hydrogen) atoms. The van der Waals surface area contributed by atoms with Crippen LogP contribution in [0.15, 0.2) is 48.5 Å². The van der Waals surface area contributed by atoms with Gasteiger partial charge >= 0.3 is 0 Å². The predicted molar refractivity (Wildman–Crippen MR) is 115 cm³/mol. The molecule has 1 aliphatic rings. The molecule has 1 heterocycles. The van der Waals surface area contributed by atoms with Crippen molar-refractivity contribution in [3.63, 3.8) is 0 Å². The molecule has 3 rings (SSSR count). The van der Waals surface area contributed by atoms with Crippen molar-refractivity contribution >= 4 is 23.0 Å². The Labute approximate surface area is 162 Å². The molecule has 138 valence electrons. The Morgan fingerprint density at radius 3 is 2.54 bits per heavy atom. The van der Waals surface area contributed by atoms with E-state index in [0.29, 0.717) is 11.0 Å². The third kappa shape index (κ3) is 5.29. The highest BCUT2D eigenvalue weighted by molar-refractivity contribution is 7.80. The predicted octanol–water partition coefficient (Wildman–Crippen LogP) is 4.54. The van der Waals surface area contributed by atoms with Gasteiger partial charge in [-0.2, -0.15) is 0 Å². The molecule has 0 atom stereocenters. The number of benzene rings is 2. The second-order valence-electron chi connectivity index (χ2n) is 7.31. The van der Waals surface area contributed by atoms with E-state index < -0.39 is 0 Å². The molecular weight excluding hydrogens is 338 g/mol. The van der Waals surface area contributed by atoms with Gasteiger partial charge in [0.1, 0.15) is 0 Å². The van der Waals surface area contributed by atoms with Crippen molar-refractivity contribution in [2.24, 2.45) is 0 Å². The van der Waals surface area contributed by atoms with Crippen LogP contribution >= 0.6 is 12.2 Å². The summed E-state index contributed by atoms with van der Waals surface area (Å²) in [7, 11) is 0. The van der Waals surface area contributed by atoms with E-state index in [1.54, 1.807) is 0 Å². The van der Waals surface area contributed by atoms with Gasteiger partial charge in [-0.1, -0.05) is 50.2 Å². The summed E-state index contributed by atoms with van der Waals surface area (Å²) in [5.41, 5.74) is 5.38. The maximum atomic E-state index is 5.41. The van der Waals surface area contributed by atoms with Crippen molar-refractivity contribution < 1.29 is 0 Å². The lowest BCUT2D eigenvalue weighted by atomic mass is 10.00. The van der Waals surface area contributed by atoms with Gasteiger partial charge in [0, 0.05) is 31.9 Å². The van der Waals surface area contributed by atoms with Crippen LogP contribution in [-0.2, 0) is 13.0 Å². The Hall–Kier alpha value is -1.91. The van der Waals surface area contributed by atoms with Crippen molar-refractivity contribution in [3.8, 4) is 0 Å². The average molecular weight is 368 g/mol. The minimum atomic E-state index is 0.552. The van der Waals surface area contributed by atoms with Crippen LogP contribution in [0.25, 0.3) is 0 Å². The Morgan fingerprint density at radius 1 is 1.08 bits per heavy atom. The highest BCUT2D eigenvalue weighted by Crippen LogP contribution is 2.18. The van der Waals surface area contributed by atoms with Crippen molar-refractivity contribution in [2.75, 3.05) is 25.0 Å². The number of anilines is 1. The lowest BCUT2D eigenvalue weighted by molar-refractivity contribution is 0.251. The number of rotatable bonds is 6. The molecule has 0 saturated heterocycles. The van der Waals surface area contributed by atoms with E-state index in [9.17, 15) is 0 Å². The van der Waals surface area contributed by atoms with Gasteiger partial charge in [-0.15, -0.1) is 0 Å². The summed E-state index contributed by atoms with van der Waals surface area (Å²) < 4.78 is 0. The van der Waals surface area contributed by atoms with E-state index in [2.05, 4.69) is 77.9 Å². The van der Waals surface area contributed by atoms with E-state index in [1.165, 1.54) is 16.7 Å². The highest BCUT2D eigenvalue weighted by Gasteiger charge is 2.14. The van der Waals surface area contributed by atoms with Gasteiger partial charge in [-0.3, -0.25) is 4.90 Å². The first-order valence-electron chi connectivity index (χ1n) is 9.56. The summed E-state index contributed by atoms with van der Waals surface area (Å²) in [5, 5.41) is 7.29. The topological polar surface area (TPSA) is 27.3 Å². The second-order valence-corrected chi connectivity index (χ2v) is 7.71. The molecule has 0 saturated carbocycles. The summed E-state index contributed by atoms with van der Waals surface area (Å²) in [4.78, 5) is 2.53. The van der Waals surface area contributed by atoms with Crippen molar-refractivity contribution in [2.45, 2.75) is 39.2 Å². The van der Waals surface area contributed by atoms with Crippen LogP contribution in [0, 0.1) is 0 Å². The number of fused-ring (bicyclic) bond motifs is 1. The number of hydrogen-bond acceptors (Lipinski definition) is 2. The molecular formula is C22H29N3S. The van der Waals surface area contributed by atoms with Gasteiger partial charge in [-0.05, 0) is 59.8 Å². The lowest BCUT2D eigenvalue weighted by Gasteiger charge is -2.28. The number of thiocarbonyl (C=S) groups is 1. The smallest absolute Gasteiger partial charge is 0.170 e. The molecule has 0 radical (unpaired) electrons. The zero-order valence-electron chi connectivity index (χ0n) is 15.8. The van der Waals surface area contributed by atoms with Gasteiger partial charge < -0.3 is 10.6 Å². The molecule has 0 aromatic heterocycles. The highest BCUT2D eigenvalue weighted by atomic mass is 32.1. The summed E-state index contributed by atoms with van der Waals surface area (Å²) in [5.74, 6) is 0.552. The van der Waals surface area contributed by atoms with Crippen LogP contribution in [0.3, 0.4) is 0 Å². The first-order chi connectivity index (χ1) is 12.6. The number of nitrogens with one attached hydrogen (secondary N) is 2. The molecule has 0 bridgehead atoms. The molecule has 0 amide bonds. The van der Waals surface area contributed by atoms with Crippen LogP contribution in [0.4, 0.5) is 5.69 Å². The lowest BCUT2D eigenvalue weighted by Crippen LogP contribution is -2.34. The molecule has 0 spiro atoms. The standard InChI is InChI=1S/C22H29N3S/c1-17(2)18-8-10-21(11-9-18)24-22(26)23-13-5-14-25-15-12-19-6-3-4-7-20(19)16-25/h3-4,6-11,17H,5,12-16H2,1-2H3,(H2,23,24,26). The van der Waals surface area contributed by atoms with Gasteiger partial charge in [0.2, 0.25) is 0 Å². The molecule has 0 fully saturated rings. The maximum Gasteiger partial charge on any atom is 0.170 e. The van der Waals surface area contributed by atoms with E-state index >= 15 is 0 Å². The molecule has 0 unspecified atom stereocenters. The van der Waals surface area contributed by atoms with E-state index in [1.807, 2.05) is 0 Å². The first kappa shape index (κ1) is 18.9. The average Bonchev–Trinajstić information content (AvgIpc) is 2.65. The van der Waals surface area contributed by atoms with Crippen molar-refractivity contribution in [1.29, 1.82) is 0 Å². The quantitative estimate of drug-likeness (QED) is 0.579. The number of hydrogen-bond donors (Lipinski definition) is 2. The molecule has 3 nitrogen and oxygen atoms in total. The fraction of sp³-hybridized carbons (Fsp3) is 0.409. The monoisotopic (exact) mass is 367 g/mol. The Balaban J connectivity index is 1.35. The summed E-state index contributed by atoms with van der Waals surface area (Å²) in [6.07, 6.45) is 2.26. The minimum Gasteiger partial charge on any atom is -0.362 e. The minimum absolute atomic E-state index is 0.552. The summed E-state index contributed by atoms with van der Waals surface area (Å²) in [6.45, 7) is 8.63. The molecule has 2 aromatic rings. The van der Waals surface area contributed by atoms with Gasteiger partial charge in [-0.25, -0.2) is 0 Å². The molecule has 2 aromatic carbocycles. The SMILES string of the molecule is CC(C)c1ccc(NC(=S)NCCCN2CCc3ccccc3C2)cc1. The van der Waals surface area contributed by atoms with Crippen LogP contribution in [-0.4, -0.2) is 29.6 Å². The van der Waals surface area contributed by atoms with Crippen LogP contribution < -0.4 is 10.6 Å². The van der Waals surface area contributed by atoms with Gasteiger partial charge in [0.25, 0.3) is 0 Å². The molecule has 2 N–H and O–H groups in total. The summed E-state index contributed by atoms with van der Waals surface area (Å²) >= 11 is 5.41. The third-order valence-electron chi connectivity index (χ3n) is 4.98. The molecule has 0 aliphatic carbocycles. The van der Waals surface area contributed by atoms with E-state index in [-0.39, 0.29) is 0 Å². The molecule has 1 aliphatic heterocycles. The first-order valence-corrected chi connectivity index (χ1v) is 9.96. The normalized spacial score (nSPS) is 14.1. The Kier molecular flexibility index (Phi) is 6.64. The molecule has 4 heteroatoms. The van der Waals surface area contributed by atoms with Gasteiger partial charge in [0.05, 0.1) is 0 Å². The van der Waals surface area contributed by atoms with Crippen molar-refractivity contribution in [1.82, 2.24) is 10.2 Å². The zero-order valence-corrected chi connectivity index (χ0v) is 16.6. The van der Waals surface area contributed by atoms with E-state index in [4.69, 9.17) is 12.2 Å². The largest absolute Gasteiger partial charge is 0.362 e.